The fourth-order valence-corrected chi connectivity index (χ4v) is 1.26. The average molecular weight is 205 g/mol. The number of hydrogen-bond acceptors (Lipinski definition) is 1. The summed E-state index contributed by atoms with van der Waals surface area (Å²) < 4.78 is 0. The van der Waals surface area contributed by atoms with Crippen molar-refractivity contribution < 1.29 is 5.11 Å². The second-order valence-corrected chi connectivity index (χ2v) is 3.41. The molecule has 0 aliphatic rings. The van der Waals surface area contributed by atoms with Crippen molar-refractivity contribution in [2.75, 3.05) is 0 Å². The lowest BCUT2D eigenvalue weighted by Crippen LogP contribution is -1.94. The van der Waals surface area contributed by atoms with Gasteiger partial charge in [0.15, 0.2) is 0 Å². The van der Waals surface area contributed by atoms with E-state index in [0.29, 0.717) is 16.5 Å². The van der Waals surface area contributed by atoms with E-state index in [0.717, 1.165) is 5.56 Å². The van der Waals surface area contributed by atoms with Crippen molar-refractivity contribution >= 4 is 23.2 Å². The minimum Gasteiger partial charge on any atom is -0.388 e. The first-order chi connectivity index (χ1) is 5.65. The topological polar surface area (TPSA) is 20.2 Å². The van der Waals surface area contributed by atoms with Gasteiger partial charge >= 0.3 is 0 Å². The van der Waals surface area contributed by atoms with Crippen LogP contribution in [0.2, 0.25) is 10.0 Å². The van der Waals surface area contributed by atoms with Crippen molar-refractivity contribution in [3.05, 3.63) is 33.8 Å². The Morgan fingerprint density at radius 3 is 2.50 bits per heavy atom. The highest BCUT2D eigenvalue weighted by molar-refractivity contribution is 6.42. The van der Waals surface area contributed by atoms with E-state index in [-0.39, 0.29) is 0 Å². The smallest absolute Gasteiger partial charge is 0.0788 e. The highest BCUT2D eigenvalue weighted by Gasteiger charge is 2.06. The maximum absolute atomic E-state index is 9.44. The lowest BCUT2D eigenvalue weighted by atomic mass is 10.1. The second-order valence-electron chi connectivity index (χ2n) is 2.60. The van der Waals surface area contributed by atoms with Crippen molar-refractivity contribution in [2.24, 2.45) is 0 Å². The third kappa shape index (κ3) is 2.13. The molecule has 0 aliphatic carbocycles. The fourth-order valence-electron chi connectivity index (χ4n) is 0.955. The van der Waals surface area contributed by atoms with Crippen molar-refractivity contribution in [3.63, 3.8) is 0 Å². The quantitative estimate of drug-likeness (QED) is 0.783. The summed E-state index contributed by atoms with van der Waals surface area (Å²) in [6.07, 6.45) is 0.234. The number of aliphatic hydroxyl groups is 1. The van der Waals surface area contributed by atoms with Gasteiger partial charge in [0.2, 0.25) is 0 Å². The van der Waals surface area contributed by atoms with Crippen molar-refractivity contribution in [1.82, 2.24) is 0 Å². The molecule has 1 aromatic carbocycles. The number of rotatable bonds is 2. The van der Waals surface area contributed by atoms with Crippen molar-refractivity contribution in [3.8, 4) is 0 Å². The molecule has 0 spiro atoms. The van der Waals surface area contributed by atoms with Crippen molar-refractivity contribution in [2.45, 2.75) is 19.4 Å². The molecule has 0 radical (unpaired) electrons. The van der Waals surface area contributed by atoms with Gasteiger partial charge in [0.25, 0.3) is 0 Å². The van der Waals surface area contributed by atoms with Gasteiger partial charge in [0.1, 0.15) is 0 Å². The van der Waals surface area contributed by atoms with Crippen molar-refractivity contribution in [1.29, 1.82) is 0 Å². The van der Waals surface area contributed by atoms with Gasteiger partial charge in [-0.25, -0.2) is 0 Å². The maximum Gasteiger partial charge on any atom is 0.0788 e. The molecule has 1 nitrogen and oxygen atoms in total. The molecule has 0 bridgehead atoms. The van der Waals surface area contributed by atoms with Gasteiger partial charge in [-0.2, -0.15) is 0 Å². The summed E-state index contributed by atoms with van der Waals surface area (Å²) in [5.74, 6) is 0. The average Bonchev–Trinajstić information content (AvgIpc) is 2.08. The van der Waals surface area contributed by atoms with E-state index >= 15 is 0 Å². The van der Waals surface area contributed by atoms with Crippen LogP contribution in [0.25, 0.3) is 0 Å². The molecule has 66 valence electrons. The fraction of sp³-hybridized carbons (Fsp3) is 0.333. The zero-order chi connectivity index (χ0) is 9.14. The molecule has 1 atom stereocenters. The van der Waals surface area contributed by atoms with Crippen LogP contribution in [0, 0.1) is 0 Å². The van der Waals surface area contributed by atoms with Crippen LogP contribution in [0.5, 0.6) is 0 Å². The summed E-state index contributed by atoms with van der Waals surface area (Å²) >= 11 is 11.5. The van der Waals surface area contributed by atoms with Crippen LogP contribution >= 0.6 is 23.2 Å². The molecule has 0 aliphatic heterocycles. The molecule has 0 amide bonds. The molecule has 0 aromatic heterocycles. The zero-order valence-corrected chi connectivity index (χ0v) is 8.23. The molecule has 1 aromatic rings. The van der Waals surface area contributed by atoms with Crippen LogP contribution in [-0.2, 0) is 0 Å². The Bertz CT molecular complexity index is 273. The molecule has 1 rings (SSSR count). The van der Waals surface area contributed by atoms with E-state index in [1.807, 2.05) is 6.92 Å². The number of halogens is 2. The predicted octanol–water partition coefficient (Wildman–Crippen LogP) is 3.44. The largest absolute Gasteiger partial charge is 0.388 e. The summed E-state index contributed by atoms with van der Waals surface area (Å²) in [4.78, 5) is 0. The van der Waals surface area contributed by atoms with Crippen LogP contribution in [0.4, 0.5) is 0 Å². The highest BCUT2D eigenvalue weighted by atomic mass is 35.5. The van der Waals surface area contributed by atoms with E-state index in [2.05, 4.69) is 0 Å². The van der Waals surface area contributed by atoms with E-state index in [9.17, 15) is 5.11 Å². The van der Waals surface area contributed by atoms with Gasteiger partial charge in [0.05, 0.1) is 16.1 Å². The number of aliphatic hydroxyl groups excluding tert-OH is 1. The number of hydrogen-bond donors (Lipinski definition) is 1. The van der Waals surface area contributed by atoms with Gasteiger partial charge in [0, 0.05) is 0 Å². The van der Waals surface area contributed by atoms with E-state index in [1.54, 1.807) is 18.2 Å². The Morgan fingerprint density at radius 1 is 1.33 bits per heavy atom. The van der Waals surface area contributed by atoms with E-state index in [1.165, 1.54) is 0 Å². The molecule has 1 N–H and O–H groups in total. The standard InChI is InChI=1S/C9H10Cl2O/c1-2-9(12)6-3-4-7(10)8(11)5-6/h3-5,9,12H,2H2,1H3. The summed E-state index contributed by atoms with van der Waals surface area (Å²) in [6.45, 7) is 1.91. The lowest BCUT2D eigenvalue weighted by molar-refractivity contribution is 0.173. The summed E-state index contributed by atoms with van der Waals surface area (Å²) in [6, 6.07) is 5.17. The Balaban J connectivity index is 2.96. The van der Waals surface area contributed by atoms with Gasteiger partial charge in [-0.15, -0.1) is 0 Å². The van der Waals surface area contributed by atoms with Crippen LogP contribution in [-0.4, -0.2) is 5.11 Å². The zero-order valence-electron chi connectivity index (χ0n) is 6.72. The van der Waals surface area contributed by atoms with Gasteiger partial charge < -0.3 is 5.11 Å². The van der Waals surface area contributed by atoms with Crippen LogP contribution in [0.1, 0.15) is 25.0 Å². The van der Waals surface area contributed by atoms with Gasteiger partial charge in [-0.05, 0) is 24.1 Å². The first-order valence-electron chi connectivity index (χ1n) is 3.78. The van der Waals surface area contributed by atoms with Crippen LogP contribution in [0.3, 0.4) is 0 Å². The maximum atomic E-state index is 9.44. The molecule has 0 heterocycles. The molecular formula is C9H10Cl2O. The van der Waals surface area contributed by atoms with Crippen LogP contribution in [0.15, 0.2) is 18.2 Å². The van der Waals surface area contributed by atoms with Gasteiger partial charge in [-0.3, -0.25) is 0 Å². The molecule has 1 unspecified atom stereocenters. The Kier molecular flexibility index (Phi) is 3.39. The molecular weight excluding hydrogens is 195 g/mol. The molecule has 12 heavy (non-hydrogen) atoms. The monoisotopic (exact) mass is 204 g/mol. The second kappa shape index (κ2) is 4.13. The Labute approximate surface area is 81.9 Å². The summed E-state index contributed by atoms with van der Waals surface area (Å²) in [5, 5.41) is 10.4. The Morgan fingerprint density at radius 2 is 2.00 bits per heavy atom. The Hall–Kier alpha value is -0.240. The minimum atomic E-state index is -0.445. The summed E-state index contributed by atoms with van der Waals surface area (Å²) in [5.41, 5.74) is 0.812. The lowest BCUT2D eigenvalue weighted by Gasteiger charge is -2.08. The third-order valence-electron chi connectivity index (χ3n) is 1.72. The normalized spacial score (nSPS) is 13.0. The SMILES string of the molecule is CCC(O)c1ccc(Cl)c(Cl)c1. The third-order valence-corrected chi connectivity index (χ3v) is 2.45. The van der Waals surface area contributed by atoms with E-state index in [4.69, 9.17) is 23.2 Å². The molecule has 0 saturated heterocycles. The predicted molar refractivity (Wildman–Crippen MR) is 51.7 cm³/mol. The minimum absolute atomic E-state index is 0.445. The van der Waals surface area contributed by atoms with E-state index < -0.39 is 6.10 Å². The van der Waals surface area contributed by atoms with Gasteiger partial charge in [-0.1, -0.05) is 36.2 Å². The number of benzene rings is 1. The molecule has 3 heteroatoms. The first-order valence-corrected chi connectivity index (χ1v) is 4.53. The highest BCUT2D eigenvalue weighted by Crippen LogP contribution is 2.26. The molecule has 0 fully saturated rings. The van der Waals surface area contributed by atoms with Crippen LogP contribution < -0.4 is 0 Å². The first kappa shape index (κ1) is 9.85. The molecule has 0 saturated carbocycles. The summed E-state index contributed by atoms with van der Waals surface area (Å²) in [7, 11) is 0.